The molecule has 0 spiro atoms. The molecule has 2 atom stereocenters. The van der Waals surface area contributed by atoms with Crippen LogP contribution in [0.3, 0.4) is 0 Å². The molecule has 162 valence electrons. The van der Waals surface area contributed by atoms with E-state index in [9.17, 15) is 14.4 Å². The molecule has 0 bridgehead atoms. The Labute approximate surface area is 181 Å². The van der Waals surface area contributed by atoms with Gasteiger partial charge < -0.3 is 20.5 Å². The first-order valence-corrected chi connectivity index (χ1v) is 10.1. The summed E-state index contributed by atoms with van der Waals surface area (Å²) in [4.78, 5) is 35.7. The van der Waals surface area contributed by atoms with Crippen molar-refractivity contribution in [2.75, 3.05) is 13.2 Å². The fraction of sp³-hybridized carbons (Fsp3) is 0.292. The number of aliphatic carboxylic acids is 1. The van der Waals surface area contributed by atoms with Crippen molar-refractivity contribution in [1.29, 1.82) is 0 Å². The van der Waals surface area contributed by atoms with Crippen LogP contribution in [0, 0.1) is 5.92 Å². The minimum absolute atomic E-state index is 0.0336. The van der Waals surface area contributed by atoms with Crippen LogP contribution in [-0.2, 0) is 14.3 Å². The van der Waals surface area contributed by atoms with Crippen LogP contribution < -0.4 is 10.6 Å². The van der Waals surface area contributed by atoms with Gasteiger partial charge in [0.05, 0.1) is 5.92 Å². The molecule has 0 fully saturated rings. The van der Waals surface area contributed by atoms with Crippen LogP contribution in [0.4, 0.5) is 4.79 Å². The van der Waals surface area contributed by atoms with Gasteiger partial charge in [0.25, 0.3) is 0 Å². The van der Waals surface area contributed by atoms with Crippen LogP contribution in [0.15, 0.2) is 61.2 Å². The molecule has 2 amide bonds. The van der Waals surface area contributed by atoms with Gasteiger partial charge in [-0.2, -0.15) is 0 Å². The number of alkyl carbamates (subject to hydrolysis) is 1. The van der Waals surface area contributed by atoms with E-state index in [-0.39, 0.29) is 25.5 Å². The number of fused-ring (bicyclic) bond motifs is 3. The maximum absolute atomic E-state index is 12.4. The highest BCUT2D eigenvalue weighted by Gasteiger charge is 2.29. The van der Waals surface area contributed by atoms with Crippen molar-refractivity contribution in [2.45, 2.75) is 25.3 Å². The zero-order valence-corrected chi connectivity index (χ0v) is 17.3. The first-order chi connectivity index (χ1) is 14.9. The molecule has 0 aliphatic heterocycles. The van der Waals surface area contributed by atoms with E-state index in [0.29, 0.717) is 0 Å². The Kier molecular flexibility index (Phi) is 7.07. The summed E-state index contributed by atoms with van der Waals surface area (Å²) in [7, 11) is 0. The summed E-state index contributed by atoms with van der Waals surface area (Å²) in [6, 6.07) is 15.1. The van der Waals surface area contributed by atoms with Crippen molar-refractivity contribution in [1.82, 2.24) is 10.6 Å². The van der Waals surface area contributed by atoms with Crippen LogP contribution in [0.25, 0.3) is 11.1 Å². The highest BCUT2D eigenvalue weighted by atomic mass is 16.5. The molecule has 0 heterocycles. The summed E-state index contributed by atoms with van der Waals surface area (Å²) in [5, 5.41) is 14.0. The molecule has 31 heavy (non-hydrogen) atoms. The van der Waals surface area contributed by atoms with Crippen LogP contribution in [0.1, 0.15) is 30.4 Å². The number of carbonyl (C=O) groups excluding carboxylic acids is 2. The molecule has 0 radical (unpaired) electrons. The van der Waals surface area contributed by atoms with Gasteiger partial charge in [0, 0.05) is 12.5 Å². The minimum Gasteiger partial charge on any atom is -0.481 e. The number of ether oxygens (including phenoxy) is 1. The number of nitrogens with one attached hydrogen (secondary N) is 2. The summed E-state index contributed by atoms with van der Waals surface area (Å²) in [6.45, 7) is 5.20. The van der Waals surface area contributed by atoms with E-state index in [0.717, 1.165) is 22.3 Å². The van der Waals surface area contributed by atoms with Crippen molar-refractivity contribution < 1.29 is 24.2 Å². The van der Waals surface area contributed by atoms with Gasteiger partial charge in [-0.15, -0.1) is 6.58 Å². The first kappa shape index (κ1) is 22.1. The summed E-state index contributed by atoms with van der Waals surface area (Å²) in [6.07, 6.45) is 0.988. The average molecular weight is 422 g/mol. The lowest BCUT2D eigenvalue weighted by Gasteiger charge is -2.19. The Morgan fingerprint density at radius 1 is 1.10 bits per heavy atom. The first-order valence-electron chi connectivity index (χ1n) is 10.1. The number of hydrogen-bond acceptors (Lipinski definition) is 4. The SMILES string of the molecule is C=CCC(NC(=O)OCC1c2ccccc2-c2ccccc21)C(=O)NCC(C)C(=O)O. The second kappa shape index (κ2) is 9.93. The van der Waals surface area contributed by atoms with Crippen molar-refractivity contribution in [2.24, 2.45) is 5.92 Å². The second-order valence-corrected chi connectivity index (χ2v) is 7.53. The van der Waals surface area contributed by atoms with Crippen molar-refractivity contribution in [3.05, 3.63) is 72.3 Å². The van der Waals surface area contributed by atoms with Gasteiger partial charge >= 0.3 is 12.1 Å². The number of rotatable bonds is 9. The van der Waals surface area contributed by atoms with Gasteiger partial charge in [-0.05, 0) is 28.7 Å². The smallest absolute Gasteiger partial charge is 0.407 e. The Hall–Kier alpha value is -3.61. The normalized spacial score (nSPS) is 14.0. The van der Waals surface area contributed by atoms with Crippen LogP contribution in [-0.4, -0.2) is 42.3 Å². The molecule has 2 unspecified atom stereocenters. The zero-order chi connectivity index (χ0) is 22.4. The van der Waals surface area contributed by atoms with Crippen LogP contribution >= 0.6 is 0 Å². The molecule has 1 aliphatic carbocycles. The van der Waals surface area contributed by atoms with Crippen LogP contribution in [0.2, 0.25) is 0 Å². The maximum atomic E-state index is 12.4. The molecular weight excluding hydrogens is 396 g/mol. The van der Waals surface area contributed by atoms with E-state index in [1.807, 2.05) is 36.4 Å². The van der Waals surface area contributed by atoms with Crippen molar-refractivity contribution >= 4 is 18.0 Å². The van der Waals surface area contributed by atoms with E-state index in [4.69, 9.17) is 9.84 Å². The van der Waals surface area contributed by atoms with Gasteiger partial charge in [0.15, 0.2) is 0 Å². The Morgan fingerprint density at radius 2 is 1.68 bits per heavy atom. The van der Waals surface area contributed by atoms with E-state index in [2.05, 4.69) is 29.3 Å². The molecule has 0 aromatic heterocycles. The van der Waals surface area contributed by atoms with Crippen molar-refractivity contribution in [3.63, 3.8) is 0 Å². The maximum Gasteiger partial charge on any atom is 0.407 e. The fourth-order valence-electron chi connectivity index (χ4n) is 3.64. The van der Waals surface area contributed by atoms with E-state index >= 15 is 0 Å². The third-order valence-corrected chi connectivity index (χ3v) is 5.36. The van der Waals surface area contributed by atoms with E-state index in [1.54, 1.807) is 0 Å². The molecule has 2 aromatic rings. The number of benzene rings is 2. The molecule has 0 saturated carbocycles. The molecule has 1 aliphatic rings. The lowest BCUT2D eigenvalue weighted by atomic mass is 9.98. The average Bonchev–Trinajstić information content (AvgIpc) is 3.09. The summed E-state index contributed by atoms with van der Waals surface area (Å²) < 4.78 is 5.47. The van der Waals surface area contributed by atoms with E-state index in [1.165, 1.54) is 13.0 Å². The van der Waals surface area contributed by atoms with Gasteiger partial charge in [-0.3, -0.25) is 9.59 Å². The molecule has 3 N–H and O–H groups in total. The monoisotopic (exact) mass is 422 g/mol. The Morgan fingerprint density at radius 3 is 2.23 bits per heavy atom. The predicted octanol–water partition coefficient (Wildman–Crippen LogP) is 3.31. The van der Waals surface area contributed by atoms with Gasteiger partial charge in [0.1, 0.15) is 12.6 Å². The highest BCUT2D eigenvalue weighted by Crippen LogP contribution is 2.44. The minimum atomic E-state index is -1.01. The number of carbonyl (C=O) groups is 3. The molecule has 0 saturated heterocycles. The number of amides is 2. The Balaban J connectivity index is 1.61. The predicted molar refractivity (Wildman–Crippen MR) is 117 cm³/mol. The standard InChI is InChI=1S/C24H26N2O5/c1-3-8-21(22(27)25-13-15(2)23(28)29)26-24(30)31-14-20-18-11-6-4-9-16(18)17-10-5-7-12-19(17)20/h3-7,9-12,15,20-21H,1,8,13-14H2,2H3,(H,25,27)(H,26,30)(H,28,29). The van der Waals surface area contributed by atoms with Gasteiger partial charge in [0.2, 0.25) is 5.91 Å². The third kappa shape index (κ3) is 5.12. The molecule has 3 rings (SSSR count). The van der Waals surface area contributed by atoms with Crippen LogP contribution in [0.5, 0.6) is 0 Å². The zero-order valence-electron chi connectivity index (χ0n) is 17.3. The largest absolute Gasteiger partial charge is 0.481 e. The summed E-state index contributed by atoms with van der Waals surface area (Å²) in [5.41, 5.74) is 4.45. The topological polar surface area (TPSA) is 105 Å². The van der Waals surface area contributed by atoms with Gasteiger partial charge in [-0.1, -0.05) is 61.5 Å². The number of carboxylic acids is 1. The quantitative estimate of drug-likeness (QED) is 0.538. The lowest BCUT2D eigenvalue weighted by Crippen LogP contribution is -2.48. The Bertz CT molecular complexity index is 942. The highest BCUT2D eigenvalue weighted by molar-refractivity contribution is 5.86. The molecule has 7 heteroatoms. The number of carboxylic acid groups (broad SMARTS) is 1. The number of hydrogen-bond donors (Lipinski definition) is 3. The summed E-state index contributed by atoms with van der Waals surface area (Å²) >= 11 is 0. The second-order valence-electron chi connectivity index (χ2n) is 7.53. The lowest BCUT2D eigenvalue weighted by molar-refractivity contribution is -0.141. The summed E-state index contributed by atoms with van der Waals surface area (Å²) in [5.74, 6) is -2.31. The van der Waals surface area contributed by atoms with Crippen molar-refractivity contribution in [3.8, 4) is 11.1 Å². The molecular formula is C24H26N2O5. The molecule has 2 aromatic carbocycles. The fourth-order valence-corrected chi connectivity index (χ4v) is 3.64. The third-order valence-electron chi connectivity index (χ3n) is 5.36. The van der Waals surface area contributed by atoms with E-state index < -0.39 is 29.9 Å². The van der Waals surface area contributed by atoms with Gasteiger partial charge in [-0.25, -0.2) is 4.79 Å². The molecule has 7 nitrogen and oxygen atoms in total.